The molecule has 1 aliphatic rings. The maximum absolute atomic E-state index is 11.5. The van der Waals surface area contributed by atoms with E-state index >= 15 is 0 Å². The number of rotatable bonds is 3. The molecule has 0 radical (unpaired) electrons. The lowest BCUT2D eigenvalue weighted by Gasteiger charge is -2.12. The minimum Gasteiger partial charge on any atom is -0.335 e. The van der Waals surface area contributed by atoms with E-state index in [-0.39, 0.29) is 6.03 Å². The van der Waals surface area contributed by atoms with Crippen molar-refractivity contribution in [2.45, 2.75) is 52.5 Å². The highest BCUT2D eigenvalue weighted by atomic mass is 16.2. The molecule has 1 aliphatic carbocycles. The summed E-state index contributed by atoms with van der Waals surface area (Å²) in [4.78, 5) is 11.5. The van der Waals surface area contributed by atoms with E-state index < -0.39 is 0 Å². The standard InChI is InChI=1S/C12H22N2O/c1-9(2)10(3)8-13-12(15)14-11-6-4-5-7-11/h8-9,11H,4-7H2,1-3H3,(H2,13,14,15)/b10-8+. The van der Waals surface area contributed by atoms with Gasteiger partial charge in [0.15, 0.2) is 0 Å². The number of allylic oxidation sites excluding steroid dienone is 1. The molecular formula is C12H22N2O. The normalized spacial score (nSPS) is 18.3. The first-order chi connectivity index (χ1) is 7.09. The van der Waals surface area contributed by atoms with Crippen molar-refractivity contribution in [1.29, 1.82) is 0 Å². The van der Waals surface area contributed by atoms with E-state index in [2.05, 4.69) is 24.5 Å². The molecule has 1 rings (SSSR count). The summed E-state index contributed by atoms with van der Waals surface area (Å²) in [7, 11) is 0. The summed E-state index contributed by atoms with van der Waals surface area (Å²) < 4.78 is 0. The van der Waals surface area contributed by atoms with Gasteiger partial charge in [-0.05, 0) is 25.7 Å². The number of nitrogens with one attached hydrogen (secondary N) is 2. The summed E-state index contributed by atoms with van der Waals surface area (Å²) in [6, 6.07) is 0.319. The molecule has 1 fully saturated rings. The Morgan fingerprint density at radius 3 is 2.47 bits per heavy atom. The molecule has 3 heteroatoms. The molecule has 15 heavy (non-hydrogen) atoms. The molecular weight excluding hydrogens is 188 g/mol. The minimum atomic E-state index is -0.0677. The van der Waals surface area contributed by atoms with Crippen molar-refractivity contribution in [2.24, 2.45) is 5.92 Å². The molecule has 0 saturated heterocycles. The summed E-state index contributed by atoms with van der Waals surface area (Å²) in [6.07, 6.45) is 6.53. The quantitative estimate of drug-likeness (QED) is 0.739. The van der Waals surface area contributed by atoms with Crippen LogP contribution in [0.2, 0.25) is 0 Å². The van der Waals surface area contributed by atoms with Gasteiger partial charge in [0.05, 0.1) is 0 Å². The van der Waals surface area contributed by atoms with Gasteiger partial charge in [0.25, 0.3) is 0 Å². The van der Waals surface area contributed by atoms with Crippen LogP contribution in [0.1, 0.15) is 46.5 Å². The van der Waals surface area contributed by atoms with Crippen molar-refractivity contribution in [1.82, 2.24) is 10.6 Å². The summed E-state index contributed by atoms with van der Waals surface area (Å²) in [5, 5.41) is 5.76. The highest BCUT2D eigenvalue weighted by Gasteiger charge is 2.16. The largest absolute Gasteiger partial charge is 0.335 e. The Kier molecular flexibility index (Phi) is 4.66. The second kappa shape index (κ2) is 5.79. The fourth-order valence-electron chi connectivity index (χ4n) is 1.64. The van der Waals surface area contributed by atoms with Gasteiger partial charge in [0.2, 0.25) is 0 Å². The van der Waals surface area contributed by atoms with Crippen molar-refractivity contribution in [3.05, 3.63) is 11.8 Å². The second-order valence-corrected chi connectivity index (χ2v) is 4.64. The van der Waals surface area contributed by atoms with Crippen LogP contribution in [-0.4, -0.2) is 12.1 Å². The molecule has 2 N–H and O–H groups in total. The Morgan fingerprint density at radius 2 is 1.93 bits per heavy atom. The Balaban J connectivity index is 2.26. The zero-order chi connectivity index (χ0) is 11.3. The van der Waals surface area contributed by atoms with E-state index in [0.29, 0.717) is 12.0 Å². The van der Waals surface area contributed by atoms with Gasteiger partial charge in [-0.2, -0.15) is 0 Å². The van der Waals surface area contributed by atoms with E-state index in [9.17, 15) is 4.79 Å². The van der Waals surface area contributed by atoms with E-state index in [1.54, 1.807) is 6.20 Å². The van der Waals surface area contributed by atoms with E-state index in [4.69, 9.17) is 0 Å². The smallest absolute Gasteiger partial charge is 0.318 e. The highest BCUT2D eigenvalue weighted by Crippen LogP contribution is 2.17. The van der Waals surface area contributed by atoms with Crippen molar-refractivity contribution in [3.8, 4) is 0 Å². The van der Waals surface area contributed by atoms with Crippen molar-refractivity contribution in [3.63, 3.8) is 0 Å². The molecule has 86 valence electrons. The fourth-order valence-corrected chi connectivity index (χ4v) is 1.64. The molecule has 0 atom stereocenters. The molecule has 3 nitrogen and oxygen atoms in total. The van der Waals surface area contributed by atoms with Crippen LogP contribution in [-0.2, 0) is 0 Å². The Labute approximate surface area is 92.3 Å². The van der Waals surface area contributed by atoms with Gasteiger partial charge < -0.3 is 10.6 Å². The number of hydrogen-bond donors (Lipinski definition) is 2. The SMILES string of the molecule is C/C(=C\NC(=O)NC1CCCC1)C(C)C. The van der Waals surface area contributed by atoms with E-state index in [1.807, 2.05) is 6.92 Å². The zero-order valence-corrected chi connectivity index (χ0v) is 9.97. The lowest BCUT2D eigenvalue weighted by Crippen LogP contribution is -2.38. The first-order valence-electron chi connectivity index (χ1n) is 5.83. The summed E-state index contributed by atoms with van der Waals surface area (Å²) >= 11 is 0. The summed E-state index contributed by atoms with van der Waals surface area (Å²) in [5.41, 5.74) is 1.19. The van der Waals surface area contributed by atoms with E-state index in [0.717, 1.165) is 12.8 Å². The van der Waals surface area contributed by atoms with Crippen LogP contribution in [0.4, 0.5) is 4.79 Å². The predicted molar refractivity (Wildman–Crippen MR) is 62.5 cm³/mol. The Morgan fingerprint density at radius 1 is 1.33 bits per heavy atom. The minimum absolute atomic E-state index is 0.0677. The second-order valence-electron chi connectivity index (χ2n) is 4.64. The van der Waals surface area contributed by atoms with E-state index in [1.165, 1.54) is 18.4 Å². The molecule has 0 aromatic heterocycles. The predicted octanol–water partition coefficient (Wildman–Crippen LogP) is 2.79. The fraction of sp³-hybridized carbons (Fsp3) is 0.750. The van der Waals surface area contributed by atoms with Gasteiger partial charge in [-0.25, -0.2) is 4.79 Å². The molecule has 1 saturated carbocycles. The summed E-state index contributed by atoms with van der Waals surface area (Å²) in [5.74, 6) is 0.483. The van der Waals surface area contributed by atoms with Gasteiger partial charge in [0.1, 0.15) is 0 Å². The van der Waals surface area contributed by atoms with Gasteiger partial charge in [0, 0.05) is 12.2 Å². The monoisotopic (exact) mass is 210 g/mol. The Bertz CT molecular complexity index is 240. The average Bonchev–Trinajstić information content (AvgIpc) is 2.66. The van der Waals surface area contributed by atoms with Crippen molar-refractivity contribution in [2.75, 3.05) is 0 Å². The third kappa shape index (κ3) is 4.36. The third-order valence-corrected chi connectivity index (χ3v) is 3.03. The first kappa shape index (κ1) is 12.1. The van der Waals surface area contributed by atoms with Crippen LogP contribution in [0.25, 0.3) is 0 Å². The number of carbonyl (C=O) groups is 1. The zero-order valence-electron chi connectivity index (χ0n) is 9.97. The van der Waals surface area contributed by atoms with Crippen LogP contribution >= 0.6 is 0 Å². The highest BCUT2D eigenvalue weighted by molar-refractivity contribution is 5.75. The molecule has 0 spiro atoms. The van der Waals surface area contributed by atoms with Gasteiger partial charge in [-0.15, -0.1) is 0 Å². The average molecular weight is 210 g/mol. The lowest BCUT2D eigenvalue weighted by atomic mass is 10.1. The van der Waals surface area contributed by atoms with Crippen molar-refractivity contribution >= 4 is 6.03 Å². The molecule has 0 aliphatic heterocycles. The topological polar surface area (TPSA) is 41.1 Å². The third-order valence-electron chi connectivity index (χ3n) is 3.03. The molecule has 0 heterocycles. The van der Waals surface area contributed by atoms with Gasteiger partial charge in [-0.3, -0.25) is 0 Å². The Hall–Kier alpha value is -0.990. The van der Waals surface area contributed by atoms with Crippen LogP contribution in [0.5, 0.6) is 0 Å². The number of urea groups is 1. The number of amides is 2. The summed E-state index contributed by atoms with van der Waals surface area (Å²) in [6.45, 7) is 6.26. The maximum atomic E-state index is 11.5. The number of hydrogen-bond acceptors (Lipinski definition) is 1. The van der Waals surface area contributed by atoms with Gasteiger partial charge in [-0.1, -0.05) is 32.3 Å². The van der Waals surface area contributed by atoms with Crippen molar-refractivity contribution < 1.29 is 4.79 Å². The molecule has 0 aromatic rings. The first-order valence-corrected chi connectivity index (χ1v) is 5.83. The molecule has 2 amide bonds. The lowest BCUT2D eigenvalue weighted by molar-refractivity contribution is 0.240. The van der Waals surface area contributed by atoms with Crippen LogP contribution in [0.15, 0.2) is 11.8 Å². The maximum Gasteiger partial charge on any atom is 0.318 e. The van der Waals surface area contributed by atoms with Crippen LogP contribution in [0, 0.1) is 5.92 Å². The molecule has 0 unspecified atom stereocenters. The van der Waals surface area contributed by atoms with Crippen LogP contribution in [0.3, 0.4) is 0 Å². The number of carbonyl (C=O) groups excluding carboxylic acids is 1. The van der Waals surface area contributed by atoms with Crippen LogP contribution < -0.4 is 10.6 Å². The van der Waals surface area contributed by atoms with Gasteiger partial charge >= 0.3 is 6.03 Å². The molecule has 0 bridgehead atoms. The molecule has 0 aromatic carbocycles.